The molecule has 0 spiro atoms. The fourth-order valence-electron chi connectivity index (χ4n) is 8.73. The Hall–Kier alpha value is -2.11. The zero-order valence-electron chi connectivity index (χ0n) is 44.5. The van der Waals surface area contributed by atoms with Crippen molar-refractivity contribution in [1.82, 2.24) is 0 Å². The van der Waals surface area contributed by atoms with Crippen molar-refractivity contribution in [3.8, 4) is 0 Å². The second-order valence-corrected chi connectivity index (χ2v) is 19.9. The van der Waals surface area contributed by atoms with Crippen LogP contribution in [0.1, 0.15) is 323 Å². The topological polar surface area (TPSA) is 78.9 Å². The molecule has 0 aliphatic carbocycles. The maximum Gasteiger partial charge on any atom is 0.306 e. The van der Waals surface area contributed by atoms with Crippen molar-refractivity contribution in [2.45, 2.75) is 329 Å². The summed E-state index contributed by atoms with van der Waals surface area (Å²) in [4.78, 5) is 38.1. The first-order chi connectivity index (χ1) is 32.5. The monoisotopic (exact) mass is 929 g/mol. The van der Waals surface area contributed by atoms with Gasteiger partial charge in [-0.1, -0.05) is 257 Å². The van der Waals surface area contributed by atoms with Gasteiger partial charge >= 0.3 is 17.9 Å². The van der Waals surface area contributed by atoms with E-state index in [1.807, 2.05) is 0 Å². The van der Waals surface area contributed by atoms with E-state index in [1.165, 1.54) is 218 Å². The van der Waals surface area contributed by atoms with Crippen molar-refractivity contribution in [1.29, 1.82) is 0 Å². The molecule has 388 valence electrons. The minimum atomic E-state index is -0.770. The van der Waals surface area contributed by atoms with E-state index in [2.05, 4.69) is 45.1 Å². The fourth-order valence-corrected chi connectivity index (χ4v) is 8.73. The largest absolute Gasteiger partial charge is 0.462 e. The van der Waals surface area contributed by atoms with E-state index < -0.39 is 6.10 Å². The van der Waals surface area contributed by atoms with E-state index in [0.29, 0.717) is 19.3 Å². The maximum atomic E-state index is 12.8. The zero-order valence-corrected chi connectivity index (χ0v) is 44.5. The van der Waals surface area contributed by atoms with Gasteiger partial charge in [0.2, 0.25) is 0 Å². The Labute approximate surface area is 411 Å². The van der Waals surface area contributed by atoms with Crippen LogP contribution in [0, 0.1) is 0 Å². The van der Waals surface area contributed by atoms with Gasteiger partial charge in [-0.3, -0.25) is 14.4 Å². The smallest absolute Gasteiger partial charge is 0.306 e. The lowest BCUT2D eigenvalue weighted by Gasteiger charge is -2.18. The van der Waals surface area contributed by atoms with Crippen LogP contribution >= 0.6 is 0 Å². The molecule has 1 atom stereocenters. The minimum Gasteiger partial charge on any atom is -0.462 e. The summed E-state index contributed by atoms with van der Waals surface area (Å²) >= 11 is 0. The molecular weight excluding hydrogens is 817 g/mol. The van der Waals surface area contributed by atoms with Gasteiger partial charge in [-0.05, 0) is 70.6 Å². The van der Waals surface area contributed by atoms with Gasteiger partial charge in [0.1, 0.15) is 13.2 Å². The summed E-state index contributed by atoms with van der Waals surface area (Å²) in [7, 11) is 0. The van der Waals surface area contributed by atoms with Gasteiger partial charge in [0, 0.05) is 19.3 Å². The van der Waals surface area contributed by atoms with E-state index in [1.54, 1.807) is 0 Å². The molecular formula is C60H112O6. The van der Waals surface area contributed by atoms with Gasteiger partial charge in [0.25, 0.3) is 0 Å². The van der Waals surface area contributed by atoms with Crippen LogP contribution in [0.25, 0.3) is 0 Å². The van der Waals surface area contributed by atoms with Crippen molar-refractivity contribution in [2.75, 3.05) is 13.2 Å². The van der Waals surface area contributed by atoms with Gasteiger partial charge in [-0.15, -0.1) is 0 Å². The Balaban J connectivity index is 4.22. The number of rotatable bonds is 54. The van der Waals surface area contributed by atoms with Gasteiger partial charge < -0.3 is 14.2 Å². The van der Waals surface area contributed by atoms with Crippen LogP contribution < -0.4 is 0 Å². The number of unbranched alkanes of at least 4 members (excludes halogenated alkanes) is 39. The number of ether oxygens (including phenoxy) is 3. The minimum absolute atomic E-state index is 0.0699. The first-order valence-electron chi connectivity index (χ1n) is 29.3. The van der Waals surface area contributed by atoms with E-state index in [4.69, 9.17) is 14.2 Å². The number of allylic oxidation sites excluding steroid dienone is 4. The van der Waals surface area contributed by atoms with Crippen LogP contribution in [-0.4, -0.2) is 37.2 Å². The summed E-state index contributed by atoms with van der Waals surface area (Å²) in [6.07, 6.45) is 64.6. The average Bonchev–Trinajstić information content (AvgIpc) is 3.31. The van der Waals surface area contributed by atoms with Crippen LogP contribution in [0.15, 0.2) is 24.3 Å². The third-order valence-electron chi connectivity index (χ3n) is 13.2. The lowest BCUT2D eigenvalue weighted by Crippen LogP contribution is -2.30. The Kier molecular flexibility index (Phi) is 53.7. The molecule has 0 bridgehead atoms. The van der Waals surface area contributed by atoms with E-state index >= 15 is 0 Å². The highest BCUT2D eigenvalue weighted by atomic mass is 16.6. The van der Waals surface area contributed by atoms with Gasteiger partial charge in [-0.2, -0.15) is 0 Å². The predicted octanol–water partition coefficient (Wildman–Crippen LogP) is 19.5. The molecule has 0 aromatic rings. The van der Waals surface area contributed by atoms with Crippen LogP contribution in [0.2, 0.25) is 0 Å². The lowest BCUT2D eigenvalue weighted by molar-refractivity contribution is -0.167. The molecule has 0 aliphatic rings. The summed E-state index contributed by atoms with van der Waals surface area (Å²) in [5, 5.41) is 0. The Morgan fingerprint density at radius 2 is 0.500 bits per heavy atom. The summed E-state index contributed by atoms with van der Waals surface area (Å²) < 4.78 is 16.9. The molecule has 0 aliphatic heterocycles. The van der Waals surface area contributed by atoms with Gasteiger partial charge in [0.15, 0.2) is 6.10 Å². The molecule has 6 nitrogen and oxygen atoms in total. The number of carbonyl (C=O) groups excluding carboxylic acids is 3. The van der Waals surface area contributed by atoms with Gasteiger partial charge in [-0.25, -0.2) is 0 Å². The Morgan fingerprint density at radius 1 is 0.288 bits per heavy atom. The third-order valence-corrected chi connectivity index (χ3v) is 13.2. The first-order valence-corrected chi connectivity index (χ1v) is 29.3. The van der Waals surface area contributed by atoms with E-state index in [-0.39, 0.29) is 31.1 Å². The van der Waals surface area contributed by atoms with E-state index in [9.17, 15) is 14.4 Å². The molecule has 0 fully saturated rings. The normalized spacial score (nSPS) is 12.1. The third kappa shape index (κ3) is 52.9. The molecule has 0 saturated carbocycles. The molecule has 0 amide bonds. The summed E-state index contributed by atoms with van der Waals surface area (Å²) in [5.74, 6) is -0.861. The van der Waals surface area contributed by atoms with Crippen molar-refractivity contribution in [2.24, 2.45) is 0 Å². The van der Waals surface area contributed by atoms with E-state index in [0.717, 1.165) is 64.2 Å². The molecule has 0 radical (unpaired) electrons. The standard InChI is InChI=1S/C60H112O6/c1-4-7-10-13-16-19-22-25-26-27-28-29-30-31-32-33-34-36-38-41-44-47-50-53-59(62)65-56-57(55-64-58(61)52-49-46-43-40-37-24-21-18-15-12-9-6-3)66-60(63)54-51-48-45-42-39-35-23-20-17-14-11-8-5-2/h18,21,27-28,57H,4-17,19-20,22-26,29-56H2,1-3H3/b21-18-,28-27-. The first kappa shape index (κ1) is 63.9. The fraction of sp³-hybridized carbons (Fsp3) is 0.883. The second-order valence-electron chi connectivity index (χ2n) is 19.9. The number of carbonyl (C=O) groups is 3. The molecule has 0 heterocycles. The highest BCUT2D eigenvalue weighted by Crippen LogP contribution is 2.17. The summed E-state index contributed by atoms with van der Waals surface area (Å²) in [6.45, 7) is 6.65. The van der Waals surface area contributed by atoms with Crippen LogP contribution in [-0.2, 0) is 28.6 Å². The number of esters is 3. The number of hydrogen-bond acceptors (Lipinski definition) is 6. The lowest BCUT2D eigenvalue weighted by atomic mass is 10.0. The van der Waals surface area contributed by atoms with Crippen molar-refractivity contribution in [3.05, 3.63) is 24.3 Å². The Morgan fingerprint density at radius 3 is 0.788 bits per heavy atom. The van der Waals surface area contributed by atoms with Crippen LogP contribution in [0.5, 0.6) is 0 Å². The second kappa shape index (κ2) is 55.5. The molecule has 0 aromatic heterocycles. The zero-order chi connectivity index (χ0) is 47.9. The maximum absolute atomic E-state index is 12.8. The number of hydrogen-bond donors (Lipinski definition) is 0. The quantitative estimate of drug-likeness (QED) is 0.0262. The molecule has 0 aromatic carbocycles. The predicted molar refractivity (Wildman–Crippen MR) is 284 cm³/mol. The highest BCUT2D eigenvalue weighted by molar-refractivity contribution is 5.71. The molecule has 0 saturated heterocycles. The van der Waals surface area contributed by atoms with Crippen molar-refractivity contribution < 1.29 is 28.6 Å². The Bertz CT molecular complexity index is 1070. The highest BCUT2D eigenvalue weighted by Gasteiger charge is 2.19. The summed E-state index contributed by atoms with van der Waals surface area (Å²) in [6, 6.07) is 0. The average molecular weight is 930 g/mol. The summed E-state index contributed by atoms with van der Waals surface area (Å²) in [5.41, 5.74) is 0. The molecule has 66 heavy (non-hydrogen) atoms. The molecule has 0 rings (SSSR count). The van der Waals surface area contributed by atoms with Crippen molar-refractivity contribution >= 4 is 17.9 Å². The SMILES string of the molecule is CCCCC/C=C\CCCCCCCC(=O)OCC(COC(=O)CCCCCCCCCCCCC/C=C\CCCCCCCCCC)OC(=O)CCCCCCCCCCCCCCC. The van der Waals surface area contributed by atoms with Gasteiger partial charge in [0.05, 0.1) is 0 Å². The molecule has 0 N–H and O–H groups in total. The van der Waals surface area contributed by atoms with Crippen LogP contribution in [0.3, 0.4) is 0 Å². The van der Waals surface area contributed by atoms with Crippen molar-refractivity contribution in [3.63, 3.8) is 0 Å². The van der Waals surface area contributed by atoms with Crippen LogP contribution in [0.4, 0.5) is 0 Å². The molecule has 6 heteroatoms. The molecule has 1 unspecified atom stereocenters.